The van der Waals surface area contributed by atoms with Crippen molar-refractivity contribution in [2.24, 2.45) is 21.7 Å². The van der Waals surface area contributed by atoms with Crippen LogP contribution in [0.1, 0.15) is 16.7 Å². The smallest absolute Gasteiger partial charge is 0.211 e. The van der Waals surface area contributed by atoms with Crippen LogP contribution in [0.15, 0.2) is 58.7 Å². The van der Waals surface area contributed by atoms with Crippen LogP contribution in [0.4, 0.5) is 0 Å². The largest absolute Gasteiger partial charge is 0.489 e. The van der Waals surface area contributed by atoms with Crippen molar-refractivity contribution in [1.82, 2.24) is 0 Å². The van der Waals surface area contributed by atoms with Crippen LogP contribution in [0.5, 0.6) is 5.75 Å². The molecule has 0 aliphatic carbocycles. The third-order valence-corrected chi connectivity index (χ3v) is 2.70. The second kappa shape index (κ2) is 7.45. The highest BCUT2D eigenvalue weighted by molar-refractivity contribution is 5.81. The maximum atomic E-state index is 8.87. The number of ether oxygens (including phenoxy) is 1. The Labute approximate surface area is 128 Å². The zero-order valence-corrected chi connectivity index (χ0v) is 11.8. The third-order valence-electron chi connectivity index (χ3n) is 2.70. The van der Waals surface area contributed by atoms with Crippen molar-refractivity contribution in [3.63, 3.8) is 0 Å². The topological polar surface area (TPSA) is 110 Å². The number of nitrogens with zero attached hydrogens (tertiary/aromatic N) is 3. The van der Waals surface area contributed by atoms with Gasteiger partial charge < -0.3 is 16.2 Å². The number of benzene rings is 2. The molecule has 0 aromatic heterocycles. The van der Waals surface area contributed by atoms with E-state index in [0.29, 0.717) is 17.9 Å². The summed E-state index contributed by atoms with van der Waals surface area (Å²) in [5.41, 5.74) is 12.7. The second-order valence-electron chi connectivity index (χ2n) is 4.44. The van der Waals surface area contributed by atoms with Crippen LogP contribution in [0, 0.1) is 11.3 Å². The van der Waals surface area contributed by atoms with Crippen LogP contribution >= 0.6 is 0 Å². The molecule has 22 heavy (non-hydrogen) atoms. The van der Waals surface area contributed by atoms with Gasteiger partial charge in [-0.2, -0.15) is 10.4 Å². The number of hydrogen-bond acceptors (Lipinski definition) is 4. The minimum absolute atomic E-state index is 0.0963. The molecular weight excluding hydrogens is 278 g/mol. The molecule has 0 spiro atoms. The van der Waals surface area contributed by atoms with E-state index in [2.05, 4.69) is 16.3 Å². The summed E-state index contributed by atoms with van der Waals surface area (Å²) in [7, 11) is 0. The highest BCUT2D eigenvalue weighted by Gasteiger charge is 1.99. The third kappa shape index (κ3) is 4.65. The highest BCUT2D eigenvalue weighted by Crippen LogP contribution is 2.15. The monoisotopic (exact) mass is 293 g/mol. The van der Waals surface area contributed by atoms with E-state index in [1.165, 1.54) is 6.21 Å². The maximum absolute atomic E-state index is 8.87. The summed E-state index contributed by atoms with van der Waals surface area (Å²) in [6.45, 7) is 0.379. The molecule has 4 N–H and O–H groups in total. The predicted octanol–water partition coefficient (Wildman–Crippen LogP) is 1.74. The lowest BCUT2D eigenvalue weighted by Gasteiger charge is -2.07. The van der Waals surface area contributed by atoms with E-state index in [1.54, 1.807) is 12.1 Å². The van der Waals surface area contributed by atoms with Crippen molar-refractivity contribution < 1.29 is 4.74 Å². The standard InChI is InChI=1S/C16H15N5O/c17-9-12-3-1-5-14(7-12)11-22-15-6-2-4-13(8-15)10-20-21-16(18)19/h1-8,10H,11H2,(H4,18,19,21). The van der Waals surface area contributed by atoms with Gasteiger partial charge in [-0.1, -0.05) is 24.3 Å². The van der Waals surface area contributed by atoms with Crippen molar-refractivity contribution in [2.75, 3.05) is 0 Å². The number of guanidine groups is 1. The van der Waals surface area contributed by atoms with Crippen molar-refractivity contribution in [3.8, 4) is 11.8 Å². The second-order valence-corrected chi connectivity index (χ2v) is 4.44. The SMILES string of the molecule is N#Cc1cccc(COc2cccc(C=NN=C(N)N)c2)c1. The van der Waals surface area contributed by atoms with Gasteiger partial charge in [0.25, 0.3) is 0 Å². The van der Waals surface area contributed by atoms with Gasteiger partial charge in [-0.3, -0.25) is 0 Å². The Balaban J connectivity index is 2.03. The van der Waals surface area contributed by atoms with E-state index in [4.69, 9.17) is 21.5 Å². The van der Waals surface area contributed by atoms with E-state index >= 15 is 0 Å². The van der Waals surface area contributed by atoms with Crippen molar-refractivity contribution in [1.29, 1.82) is 5.26 Å². The summed E-state index contributed by atoms with van der Waals surface area (Å²) >= 11 is 0. The normalized spacial score (nSPS) is 10.1. The van der Waals surface area contributed by atoms with Gasteiger partial charge in [0, 0.05) is 0 Å². The minimum atomic E-state index is -0.0963. The van der Waals surface area contributed by atoms with Gasteiger partial charge >= 0.3 is 0 Å². The molecule has 2 rings (SSSR count). The molecule has 0 saturated carbocycles. The molecule has 0 heterocycles. The van der Waals surface area contributed by atoms with E-state index in [0.717, 1.165) is 11.1 Å². The lowest BCUT2D eigenvalue weighted by atomic mass is 10.1. The molecule has 0 atom stereocenters. The average Bonchev–Trinajstić information content (AvgIpc) is 2.53. The van der Waals surface area contributed by atoms with Crippen LogP contribution in [-0.2, 0) is 6.61 Å². The van der Waals surface area contributed by atoms with Gasteiger partial charge in [0.15, 0.2) is 0 Å². The molecule has 6 nitrogen and oxygen atoms in total. The van der Waals surface area contributed by atoms with Crippen molar-refractivity contribution in [2.45, 2.75) is 6.61 Å². The van der Waals surface area contributed by atoms with Gasteiger partial charge in [0.1, 0.15) is 12.4 Å². The van der Waals surface area contributed by atoms with Gasteiger partial charge in [-0.25, -0.2) is 0 Å². The summed E-state index contributed by atoms with van der Waals surface area (Å²) in [4.78, 5) is 0. The first-order valence-electron chi connectivity index (χ1n) is 6.51. The minimum Gasteiger partial charge on any atom is -0.489 e. The Bertz CT molecular complexity index is 742. The van der Waals surface area contributed by atoms with Crippen molar-refractivity contribution >= 4 is 12.2 Å². The number of nitrogens with two attached hydrogens (primary N) is 2. The fraction of sp³-hybridized carbons (Fsp3) is 0.0625. The molecule has 0 radical (unpaired) electrons. The molecule has 0 saturated heterocycles. The van der Waals surface area contributed by atoms with Gasteiger partial charge in [0.2, 0.25) is 5.96 Å². The number of hydrogen-bond donors (Lipinski definition) is 2. The van der Waals surface area contributed by atoms with Crippen molar-refractivity contribution in [3.05, 3.63) is 65.2 Å². The molecular formula is C16H15N5O. The summed E-state index contributed by atoms with van der Waals surface area (Å²) in [6.07, 6.45) is 1.53. The van der Waals surface area contributed by atoms with Crippen LogP contribution in [-0.4, -0.2) is 12.2 Å². The fourth-order valence-corrected chi connectivity index (χ4v) is 1.74. The Hall–Kier alpha value is -3.33. The Morgan fingerprint density at radius 1 is 1.18 bits per heavy atom. The number of nitriles is 1. The lowest BCUT2D eigenvalue weighted by Crippen LogP contribution is -2.21. The molecule has 110 valence electrons. The maximum Gasteiger partial charge on any atom is 0.211 e. The van der Waals surface area contributed by atoms with E-state index in [-0.39, 0.29) is 5.96 Å². The van der Waals surface area contributed by atoms with E-state index < -0.39 is 0 Å². The average molecular weight is 293 g/mol. The first-order valence-corrected chi connectivity index (χ1v) is 6.51. The Morgan fingerprint density at radius 2 is 2.00 bits per heavy atom. The fourth-order valence-electron chi connectivity index (χ4n) is 1.74. The molecule has 2 aromatic rings. The predicted molar refractivity (Wildman–Crippen MR) is 85.3 cm³/mol. The summed E-state index contributed by atoms with van der Waals surface area (Å²) in [5, 5.41) is 16.1. The highest BCUT2D eigenvalue weighted by atomic mass is 16.5. The van der Waals surface area contributed by atoms with E-state index in [9.17, 15) is 0 Å². The molecule has 0 unspecified atom stereocenters. The molecule has 0 fully saturated rings. The number of rotatable bonds is 5. The van der Waals surface area contributed by atoms with E-state index in [1.807, 2.05) is 36.4 Å². The van der Waals surface area contributed by atoms with Crippen LogP contribution in [0.2, 0.25) is 0 Å². The van der Waals surface area contributed by atoms with Crippen LogP contribution in [0.25, 0.3) is 0 Å². The molecule has 6 heteroatoms. The summed E-state index contributed by atoms with van der Waals surface area (Å²) in [6, 6.07) is 16.7. The van der Waals surface area contributed by atoms with Gasteiger partial charge in [0.05, 0.1) is 17.8 Å². The summed E-state index contributed by atoms with van der Waals surface area (Å²) < 4.78 is 5.70. The zero-order valence-electron chi connectivity index (χ0n) is 11.8. The Morgan fingerprint density at radius 3 is 2.77 bits per heavy atom. The molecule has 0 bridgehead atoms. The Kier molecular flexibility index (Phi) is 5.10. The van der Waals surface area contributed by atoms with Gasteiger partial charge in [-0.15, -0.1) is 5.10 Å². The molecule has 0 aliphatic rings. The lowest BCUT2D eigenvalue weighted by molar-refractivity contribution is 0.306. The first kappa shape index (κ1) is 15.1. The zero-order chi connectivity index (χ0) is 15.8. The van der Waals surface area contributed by atoms with Crippen LogP contribution < -0.4 is 16.2 Å². The quantitative estimate of drug-likeness (QED) is 0.497. The molecule has 0 aliphatic heterocycles. The molecule has 2 aromatic carbocycles. The van der Waals surface area contributed by atoms with Crippen LogP contribution in [0.3, 0.4) is 0 Å². The molecule has 0 amide bonds. The van der Waals surface area contributed by atoms with Gasteiger partial charge in [-0.05, 0) is 35.4 Å². The first-order chi connectivity index (χ1) is 10.7. The summed E-state index contributed by atoms with van der Waals surface area (Å²) in [5.74, 6) is 0.594.